The second kappa shape index (κ2) is 7.78. The number of amides is 1. The number of alkyl halides is 3. The number of carbonyl (C=O) groups excluding carboxylic acids is 1. The molecule has 2 N–H and O–H groups in total. The van der Waals surface area contributed by atoms with Crippen LogP contribution >= 0.6 is 0 Å². The molecule has 0 aromatic heterocycles. The van der Waals surface area contributed by atoms with Crippen molar-refractivity contribution in [2.45, 2.75) is 26.9 Å². The molecule has 1 rings (SSSR count). The molecule has 0 atom stereocenters. The number of hydrogen-bond acceptors (Lipinski definition) is 2. The van der Waals surface area contributed by atoms with E-state index >= 15 is 0 Å². The van der Waals surface area contributed by atoms with Gasteiger partial charge in [0.25, 0.3) is 5.91 Å². The van der Waals surface area contributed by atoms with Crippen LogP contribution in [-0.4, -0.2) is 24.2 Å². The van der Waals surface area contributed by atoms with Crippen LogP contribution in [0.5, 0.6) is 0 Å². The van der Waals surface area contributed by atoms with Gasteiger partial charge in [-0.3, -0.25) is 4.79 Å². The molecule has 1 aromatic rings. The Hall–Kier alpha value is -1.56. The zero-order chi connectivity index (χ0) is 15.1. The first-order valence-electron chi connectivity index (χ1n) is 5.93. The molecule has 0 radical (unpaired) electrons. The van der Waals surface area contributed by atoms with Crippen LogP contribution in [0.3, 0.4) is 0 Å². The van der Waals surface area contributed by atoms with Crippen molar-refractivity contribution in [2.24, 2.45) is 0 Å². The molecule has 0 fully saturated rings. The van der Waals surface area contributed by atoms with E-state index in [4.69, 9.17) is 5.11 Å². The molecule has 6 heteroatoms. The molecule has 0 aliphatic rings. The van der Waals surface area contributed by atoms with Gasteiger partial charge in [-0.15, -0.1) is 0 Å². The van der Waals surface area contributed by atoms with E-state index in [1.54, 1.807) is 0 Å². The van der Waals surface area contributed by atoms with Gasteiger partial charge in [0.15, 0.2) is 0 Å². The summed E-state index contributed by atoms with van der Waals surface area (Å²) in [6.07, 6.45) is -4.47. The Morgan fingerprint density at radius 3 is 2.37 bits per heavy atom. The van der Waals surface area contributed by atoms with Gasteiger partial charge in [0, 0.05) is 12.1 Å². The third-order valence-electron chi connectivity index (χ3n) is 2.20. The molecule has 1 aromatic carbocycles. The molecule has 0 aliphatic heterocycles. The van der Waals surface area contributed by atoms with Crippen LogP contribution < -0.4 is 5.32 Å². The van der Waals surface area contributed by atoms with Gasteiger partial charge in [0.2, 0.25) is 0 Å². The maximum absolute atomic E-state index is 12.6. The van der Waals surface area contributed by atoms with E-state index in [2.05, 4.69) is 5.32 Å². The van der Waals surface area contributed by atoms with E-state index in [1.165, 1.54) is 19.1 Å². The Labute approximate surface area is 110 Å². The molecular weight excluding hydrogens is 259 g/mol. The third kappa shape index (κ3) is 5.30. The van der Waals surface area contributed by atoms with Crippen molar-refractivity contribution in [2.75, 3.05) is 13.2 Å². The Morgan fingerprint density at radius 1 is 1.32 bits per heavy atom. The molecular formula is C13H18F3NO2. The van der Waals surface area contributed by atoms with Gasteiger partial charge in [-0.25, -0.2) is 0 Å². The second-order valence-corrected chi connectivity index (χ2v) is 3.51. The highest BCUT2D eigenvalue weighted by Gasteiger charge is 2.32. The van der Waals surface area contributed by atoms with Gasteiger partial charge in [-0.1, -0.05) is 19.9 Å². The molecule has 19 heavy (non-hydrogen) atoms. The number of halogens is 3. The largest absolute Gasteiger partial charge is 0.416 e. The summed E-state index contributed by atoms with van der Waals surface area (Å²) in [5, 5.41) is 10.8. The van der Waals surface area contributed by atoms with Crippen molar-refractivity contribution >= 4 is 5.91 Å². The summed E-state index contributed by atoms with van der Waals surface area (Å²) in [4.78, 5) is 11.4. The highest BCUT2D eigenvalue weighted by Crippen LogP contribution is 2.32. The number of aliphatic hydroxyl groups is 1. The fraction of sp³-hybridized carbons (Fsp3) is 0.462. The predicted octanol–water partition coefficient (Wildman–Crippen LogP) is 2.76. The van der Waals surface area contributed by atoms with Crippen molar-refractivity contribution in [1.29, 1.82) is 0 Å². The number of carbonyl (C=O) groups is 1. The minimum atomic E-state index is -4.47. The third-order valence-corrected chi connectivity index (χ3v) is 2.20. The molecule has 0 saturated heterocycles. The summed E-state index contributed by atoms with van der Waals surface area (Å²) in [6.45, 7) is 5.08. The van der Waals surface area contributed by atoms with Crippen LogP contribution in [0.1, 0.15) is 35.3 Å². The molecule has 3 nitrogen and oxygen atoms in total. The molecule has 1 amide bonds. The fourth-order valence-corrected chi connectivity index (χ4v) is 1.34. The van der Waals surface area contributed by atoms with Gasteiger partial charge in [0.05, 0.1) is 12.2 Å². The average molecular weight is 277 g/mol. The average Bonchev–Trinajstić information content (AvgIpc) is 2.37. The predicted molar refractivity (Wildman–Crippen MR) is 66.9 cm³/mol. The smallest absolute Gasteiger partial charge is 0.395 e. The molecule has 0 unspecified atom stereocenters. The second-order valence-electron chi connectivity index (χ2n) is 3.51. The monoisotopic (exact) mass is 277 g/mol. The minimum Gasteiger partial charge on any atom is -0.395 e. The van der Waals surface area contributed by atoms with E-state index in [-0.39, 0.29) is 24.3 Å². The lowest BCUT2D eigenvalue weighted by atomic mass is 10.0. The molecule has 0 saturated carbocycles. The lowest BCUT2D eigenvalue weighted by Crippen LogP contribution is -2.26. The van der Waals surface area contributed by atoms with Gasteiger partial charge in [0.1, 0.15) is 0 Å². The number of benzene rings is 1. The number of rotatable bonds is 3. The summed E-state index contributed by atoms with van der Waals surface area (Å²) < 4.78 is 37.7. The Morgan fingerprint density at radius 2 is 1.89 bits per heavy atom. The van der Waals surface area contributed by atoms with Crippen LogP contribution in [0, 0.1) is 6.92 Å². The van der Waals surface area contributed by atoms with Gasteiger partial charge in [-0.2, -0.15) is 13.2 Å². The Kier molecular flexibility index (Phi) is 7.14. The molecule has 108 valence electrons. The van der Waals surface area contributed by atoms with Crippen molar-refractivity contribution < 1.29 is 23.1 Å². The summed E-state index contributed by atoms with van der Waals surface area (Å²) in [5.74, 6) is -0.635. The lowest BCUT2D eigenvalue weighted by molar-refractivity contribution is -0.138. The fourth-order valence-electron chi connectivity index (χ4n) is 1.34. The van der Waals surface area contributed by atoms with Crippen LogP contribution in [0.15, 0.2) is 18.2 Å². The van der Waals surface area contributed by atoms with Crippen LogP contribution in [0.25, 0.3) is 0 Å². The molecule has 0 spiro atoms. The Balaban J connectivity index is 0.00000154. The highest BCUT2D eigenvalue weighted by atomic mass is 19.4. The maximum atomic E-state index is 12.6. The van der Waals surface area contributed by atoms with Crippen molar-refractivity contribution in [3.63, 3.8) is 0 Å². The van der Waals surface area contributed by atoms with Crippen LogP contribution in [-0.2, 0) is 6.18 Å². The van der Waals surface area contributed by atoms with E-state index in [1.807, 2.05) is 13.8 Å². The molecule has 0 aliphatic carbocycles. The quantitative estimate of drug-likeness (QED) is 0.892. The van der Waals surface area contributed by atoms with Crippen molar-refractivity contribution in [3.8, 4) is 0 Å². The van der Waals surface area contributed by atoms with Gasteiger partial charge in [-0.05, 0) is 24.6 Å². The SMILES string of the molecule is CC.Cc1ccc(C(=O)NCCO)cc1C(F)(F)F. The normalized spacial score (nSPS) is 10.5. The number of aryl methyl sites for hydroxylation is 1. The molecule has 0 bridgehead atoms. The van der Waals surface area contributed by atoms with E-state index in [9.17, 15) is 18.0 Å². The van der Waals surface area contributed by atoms with Gasteiger partial charge < -0.3 is 10.4 Å². The zero-order valence-corrected chi connectivity index (χ0v) is 11.1. The van der Waals surface area contributed by atoms with Crippen LogP contribution in [0.4, 0.5) is 13.2 Å². The molecule has 0 heterocycles. The minimum absolute atomic E-state index is 0.00800. The summed E-state index contributed by atoms with van der Waals surface area (Å²) in [6, 6.07) is 3.37. The van der Waals surface area contributed by atoms with E-state index < -0.39 is 17.6 Å². The first kappa shape index (κ1) is 17.4. The number of hydrogen-bond donors (Lipinski definition) is 2. The van der Waals surface area contributed by atoms with E-state index in [0.717, 1.165) is 6.07 Å². The van der Waals surface area contributed by atoms with Gasteiger partial charge >= 0.3 is 6.18 Å². The summed E-state index contributed by atoms with van der Waals surface area (Å²) >= 11 is 0. The number of nitrogens with one attached hydrogen (secondary N) is 1. The Bertz CT molecular complexity index is 417. The summed E-state index contributed by atoms with van der Waals surface area (Å²) in [5.41, 5.74) is -0.832. The lowest BCUT2D eigenvalue weighted by Gasteiger charge is -2.11. The standard InChI is InChI=1S/C11H12F3NO2.C2H6/c1-7-2-3-8(10(17)15-4-5-16)6-9(7)11(12,13)14;1-2/h2-3,6,16H,4-5H2,1H3,(H,15,17);1-2H3. The summed E-state index contributed by atoms with van der Waals surface area (Å²) in [7, 11) is 0. The van der Waals surface area contributed by atoms with E-state index in [0.29, 0.717) is 0 Å². The van der Waals surface area contributed by atoms with Crippen molar-refractivity contribution in [3.05, 3.63) is 34.9 Å². The topological polar surface area (TPSA) is 49.3 Å². The first-order chi connectivity index (χ1) is 8.86. The van der Waals surface area contributed by atoms with Crippen molar-refractivity contribution in [1.82, 2.24) is 5.32 Å². The number of aliphatic hydroxyl groups excluding tert-OH is 1. The highest BCUT2D eigenvalue weighted by molar-refractivity contribution is 5.94. The zero-order valence-electron chi connectivity index (χ0n) is 11.1. The van der Waals surface area contributed by atoms with Crippen LogP contribution in [0.2, 0.25) is 0 Å². The maximum Gasteiger partial charge on any atom is 0.416 e. The first-order valence-corrected chi connectivity index (χ1v) is 5.93.